The normalized spacial score (nSPS) is 36.0. The molecule has 4 unspecified atom stereocenters. The molecule has 1 heterocycles. The molecule has 1 rings (SSSR count). The van der Waals surface area contributed by atoms with Crippen LogP contribution in [0.2, 0.25) is 15.7 Å². The van der Waals surface area contributed by atoms with Crippen LogP contribution in [0.25, 0.3) is 0 Å². The number of hydrogen-bond acceptors (Lipinski definition) is 2. The van der Waals surface area contributed by atoms with Gasteiger partial charge in [-0.25, -0.2) is 0 Å². The van der Waals surface area contributed by atoms with Crippen LogP contribution in [-0.4, -0.2) is 31.2 Å². The van der Waals surface area contributed by atoms with Crippen LogP contribution in [0.15, 0.2) is 0 Å². The molecule has 0 nitrogen and oxygen atoms in total. The zero-order valence-corrected chi connectivity index (χ0v) is 22.3. The van der Waals surface area contributed by atoms with E-state index < -0.39 is 31.2 Å². The van der Waals surface area contributed by atoms with E-state index in [4.69, 9.17) is 0 Å². The summed E-state index contributed by atoms with van der Waals surface area (Å²) < 4.78 is 4.30. The van der Waals surface area contributed by atoms with Crippen molar-refractivity contribution >= 4 is 43.5 Å². The van der Waals surface area contributed by atoms with Gasteiger partial charge in [0.15, 0.2) is 0 Å². The Morgan fingerprint density at radius 1 is 0.550 bits per heavy atom. The molecule has 0 radical (unpaired) electrons. The van der Waals surface area contributed by atoms with Crippen molar-refractivity contribution in [1.82, 2.24) is 0 Å². The van der Waals surface area contributed by atoms with Gasteiger partial charge in [0.1, 0.15) is 0 Å². The summed E-state index contributed by atoms with van der Waals surface area (Å²) in [5.74, 6) is 0. The molecule has 0 amide bonds. The van der Waals surface area contributed by atoms with E-state index in [-0.39, 0.29) is 0 Å². The van der Waals surface area contributed by atoms with E-state index in [0.29, 0.717) is 0 Å². The summed E-state index contributed by atoms with van der Waals surface area (Å²) in [5, 5.41) is 0. The second-order valence-corrected chi connectivity index (χ2v) is 75.3. The summed E-state index contributed by atoms with van der Waals surface area (Å²) in [5.41, 5.74) is 0. The van der Waals surface area contributed by atoms with Crippen LogP contribution >= 0.6 is 12.3 Å². The molecule has 0 bridgehead atoms. The zero-order valence-electron chi connectivity index (χ0n) is 15.0. The van der Waals surface area contributed by atoms with Crippen LogP contribution in [0, 0.1) is 0 Å². The third-order valence-electron chi connectivity index (χ3n) is 5.84. The maximum absolute atomic E-state index is 2.78. The third kappa shape index (κ3) is 3.53. The van der Waals surface area contributed by atoms with Gasteiger partial charge in [0.05, 0.1) is 0 Å². The molecule has 0 aromatic heterocycles. The molecular weight excluding hydrogens is 494 g/mol. The van der Waals surface area contributed by atoms with Crippen LogP contribution in [0.3, 0.4) is 0 Å². The van der Waals surface area contributed by atoms with Gasteiger partial charge in [-0.05, 0) is 0 Å². The van der Waals surface area contributed by atoms with Crippen LogP contribution in [0.4, 0.5) is 0 Å². The van der Waals surface area contributed by atoms with Gasteiger partial charge >= 0.3 is 140 Å². The predicted molar refractivity (Wildman–Crippen MR) is 106 cm³/mol. The van der Waals surface area contributed by atoms with Gasteiger partial charge in [-0.1, -0.05) is 0 Å². The Bertz CT molecular complexity index is 251. The monoisotopic (exact) mass is 532 g/mol. The second kappa shape index (κ2) is 8.41. The van der Waals surface area contributed by atoms with Gasteiger partial charge < -0.3 is 0 Å². The molecule has 1 saturated heterocycles. The van der Waals surface area contributed by atoms with E-state index in [1.54, 1.807) is 0 Å². The first kappa shape index (κ1) is 20.3. The number of hydrogen-bond donors (Lipinski definition) is 0. The predicted octanol–water partition coefficient (Wildman–Crippen LogP) is 7.55. The summed E-state index contributed by atoms with van der Waals surface area (Å²) in [4.78, 5) is 0. The fourth-order valence-electron chi connectivity index (χ4n) is 3.42. The second-order valence-electron chi connectivity index (χ2n) is 6.88. The van der Waals surface area contributed by atoms with Gasteiger partial charge in [0, 0.05) is 0 Å². The standard InChI is InChI=1S/4C4H9.2S.2Sn/c4*1-3-4-2;;;;/h4*3H,4H2,1-2H3;;;;. The van der Waals surface area contributed by atoms with Gasteiger partial charge in [-0.2, -0.15) is 0 Å². The van der Waals surface area contributed by atoms with E-state index in [1.807, 2.05) is 0 Å². The molecule has 0 aromatic rings. The Morgan fingerprint density at radius 2 is 0.750 bits per heavy atom. The Balaban J connectivity index is 3.03. The first-order valence-corrected chi connectivity index (χ1v) is 30.9. The topological polar surface area (TPSA) is 0 Å². The Kier molecular flexibility index (Phi) is 8.56. The Labute approximate surface area is 139 Å². The quantitative estimate of drug-likeness (QED) is 0.298. The molecule has 4 atom stereocenters. The fraction of sp³-hybridized carbons (Fsp3) is 1.00. The fourth-order valence-corrected chi connectivity index (χ4v) is 263. The third-order valence-corrected chi connectivity index (χ3v) is 178. The zero-order chi connectivity index (χ0) is 15.6. The van der Waals surface area contributed by atoms with Crippen LogP contribution in [0.1, 0.15) is 81.1 Å². The van der Waals surface area contributed by atoms with Crippen molar-refractivity contribution < 1.29 is 0 Å². The number of rotatable bonds is 8. The molecule has 1 fully saturated rings. The summed E-state index contributed by atoms with van der Waals surface area (Å²) in [6.45, 7) is 20.2. The molecule has 0 aliphatic carbocycles. The summed E-state index contributed by atoms with van der Waals surface area (Å²) >= 11 is -3.95. The summed E-state index contributed by atoms with van der Waals surface area (Å²) in [6, 6.07) is 0. The molecule has 4 heteroatoms. The van der Waals surface area contributed by atoms with Crippen molar-refractivity contribution in [2.24, 2.45) is 0 Å². The molecular formula is C16H36S2Sn2. The average Bonchev–Trinajstić information content (AvgIpc) is 2.44. The van der Waals surface area contributed by atoms with Crippen molar-refractivity contribution in [1.29, 1.82) is 0 Å². The first-order chi connectivity index (χ1) is 9.34. The van der Waals surface area contributed by atoms with Crippen molar-refractivity contribution in [2.45, 2.75) is 96.8 Å². The minimum atomic E-state index is -1.98. The van der Waals surface area contributed by atoms with Crippen LogP contribution in [0.5, 0.6) is 0 Å². The summed E-state index contributed by atoms with van der Waals surface area (Å²) in [6.07, 6.45) is 11.3. The van der Waals surface area contributed by atoms with Gasteiger partial charge in [0.2, 0.25) is 0 Å². The molecule has 0 N–H and O–H groups in total. The van der Waals surface area contributed by atoms with Gasteiger partial charge in [-0.15, -0.1) is 0 Å². The summed E-state index contributed by atoms with van der Waals surface area (Å²) in [7, 11) is 0. The Hall–Kier alpha value is 2.30. The SMILES string of the molecule is CC[CH](C)[Sn]1([CH](C)CC)[S][Sn]([CH](C)CC)([CH](C)CC)[S]1. The van der Waals surface area contributed by atoms with Crippen molar-refractivity contribution in [3.8, 4) is 0 Å². The van der Waals surface area contributed by atoms with Crippen molar-refractivity contribution in [3.63, 3.8) is 0 Å². The molecule has 120 valence electrons. The van der Waals surface area contributed by atoms with Crippen LogP contribution in [-0.2, 0) is 0 Å². The van der Waals surface area contributed by atoms with Gasteiger partial charge in [0.25, 0.3) is 0 Å². The van der Waals surface area contributed by atoms with Gasteiger partial charge in [-0.3, -0.25) is 0 Å². The van der Waals surface area contributed by atoms with E-state index in [2.05, 4.69) is 67.6 Å². The van der Waals surface area contributed by atoms with Crippen molar-refractivity contribution in [3.05, 3.63) is 0 Å². The van der Waals surface area contributed by atoms with Crippen molar-refractivity contribution in [2.75, 3.05) is 0 Å². The molecule has 0 aromatic carbocycles. The molecule has 20 heavy (non-hydrogen) atoms. The maximum atomic E-state index is 2.78. The first-order valence-electron chi connectivity index (χ1n) is 8.74. The molecule has 1 aliphatic rings. The van der Waals surface area contributed by atoms with Crippen LogP contribution < -0.4 is 0 Å². The van der Waals surface area contributed by atoms with E-state index in [9.17, 15) is 0 Å². The van der Waals surface area contributed by atoms with E-state index >= 15 is 0 Å². The Morgan fingerprint density at radius 3 is 0.900 bits per heavy atom. The van der Waals surface area contributed by atoms with E-state index in [0.717, 1.165) is 15.7 Å². The molecule has 0 spiro atoms. The average molecular weight is 530 g/mol. The molecule has 1 aliphatic heterocycles. The van der Waals surface area contributed by atoms with E-state index in [1.165, 1.54) is 25.7 Å². The molecule has 0 saturated carbocycles. The minimum absolute atomic E-state index is 1.08.